The van der Waals surface area contributed by atoms with Crippen molar-refractivity contribution >= 4 is 28.9 Å². The zero-order valence-electron chi connectivity index (χ0n) is 12.5. The van der Waals surface area contributed by atoms with E-state index in [2.05, 4.69) is 20.3 Å². The number of aromatic nitrogens is 3. The van der Waals surface area contributed by atoms with Crippen LogP contribution >= 0.6 is 11.3 Å². The van der Waals surface area contributed by atoms with Gasteiger partial charge in [0.1, 0.15) is 4.88 Å². The van der Waals surface area contributed by atoms with E-state index in [1.807, 2.05) is 35.7 Å². The van der Waals surface area contributed by atoms with Crippen molar-refractivity contribution in [2.75, 3.05) is 7.11 Å². The number of carbonyl (C=O) groups is 2. The van der Waals surface area contributed by atoms with Gasteiger partial charge in [0.2, 0.25) is 0 Å². The Balaban J connectivity index is 1.77. The van der Waals surface area contributed by atoms with E-state index in [1.54, 1.807) is 12.1 Å². The topological polar surface area (TPSA) is 85.6 Å². The summed E-state index contributed by atoms with van der Waals surface area (Å²) < 4.78 is 6.45. The molecule has 8 heteroatoms. The molecule has 7 nitrogen and oxygen atoms in total. The molecule has 3 heterocycles. The molecule has 0 aliphatic rings. The first-order chi connectivity index (χ1) is 11.1. The number of rotatable bonds is 4. The third-order valence-corrected chi connectivity index (χ3v) is 4.36. The van der Waals surface area contributed by atoms with E-state index in [1.165, 1.54) is 7.11 Å². The maximum atomic E-state index is 12.3. The van der Waals surface area contributed by atoms with Crippen molar-refractivity contribution in [1.82, 2.24) is 19.9 Å². The minimum atomic E-state index is -0.453. The molecule has 1 unspecified atom stereocenters. The van der Waals surface area contributed by atoms with Crippen LogP contribution in [0.25, 0.3) is 5.65 Å². The lowest BCUT2D eigenvalue weighted by Crippen LogP contribution is -2.27. The van der Waals surface area contributed by atoms with Gasteiger partial charge in [0.05, 0.1) is 18.0 Å². The van der Waals surface area contributed by atoms with Crippen LogP contribution in [-0.2, 0) is 4.74 Å². The Morgan fingerprint density at radius 2 is 2.00 bits per heavy atom. The van der Waals surface area contributed by atoms with Gasteiger partial charge in [-0.3, -0.25) is 9.20 Å². The number of methoxy groups -OCH3 is 1. The Kier molecular flexibility index (Phi) is 4.07. The Morgan fingerprint density at radius 3 is 2.78 bits per heavy atom. The van der Waals surface area contributed by atoms with Gasteiger partial charge in [-0.25, -0.2) is 4.79 Å². The molecule has 118 valence electrons. The van der Waals surface area contributed by atoms with Crippen LogP contribution in [-0.4, -0.2) is 33.6 Å². The summed E-state index contributed by atoms with van der Waals surface area (Å²) in [6.45, 7) is 1.83. The number of carbonyl (C=O) groups excluding carboxylic acids is 2. The smallest absolute Gasteiger partial charge is 0.348 e. The highest BCUT2D eigenvalue weighted by atomic mass is 32.1. The van der Waals surface area contributed by atoms with E-state index >= 15 is 0 Å². The zero-order chi connectivity index (χ0) is 16.4. The maximum absolute atomic E-state index is 12.3. The van der Waals surface area contributed by atoms with Gasteiger partial charge in [-0.05, 0) is 31.2 Å². The highest BCUT2D eigenvalue weighted by molar-refractivity contribution is 7.15. The summed E-state index contributed by atoms with van der Waals surface area (Å²) in [5.74, 6) is -0.0884. The van der Waals surface area contributed by atoms with Crippen molar-refractivity contribution < 1.29 is 14.3 Å². The van der Waals surface area contributed by atoms with Gasteiger partial charge in [-0.1, -0.05) is 6.07 Å². The number of amides is 1. The maximum Gasteiger partial charge on any atom is 0.348 e. The molecule has 0 bridgehead atoms. The Hall–Kier alpha value is -2.74. The van der Waals surface area contributed by atoms with E-state index in [0.717, 1.165) is 11.3 Å². The van der Waals surface area contributed by atoms with E-state index in [9.17, 15) is 9.59 Å². The van der Waals surface area contributed by atoms with Crippen molar-refractivity contribution in [2.45, 2.75) is 13.0 Å². The Labute approximate surface area is 135 Å². The van der Waals surface area contributed by atoms with Crippen molar-refractivity contribution in [2.24, 2.45) is 0 Å². The van der Waals surface area contributed by atoms with Crippen LogP contribution in [0.5, 0.6) is 0 Å². The normalized spacial score (nSPS) is 12.1. The minimum Gasteiger partial charge on any atom is -0.465 e. The molecule has 1 amide bonds. The van der Waals surface area contributed by atoms with Crippen molar-refractivity contribution in [3.8, 4) is 0 Å². The van der Waals surface area contributed by atoms with Crippen LogP contribution in [0.4, 0.5) is 0 Å². The highest BCUT2D eigenvalue weighted by Crippen LogP contribution is 2.19. The predicted molar refractivity (Wildman–Crippen MR) is 84.5 cm³/mol. The fraction of sp³-hybridized carbons (Fsp3) is 0.200. The van der Waals surface area contributed by atoms with Crippen molar-refractivity contribution in [3.05, 3.63) is 52.1 Å². The van der Waals surface area contributed by atoms with Gasteiger partial charge < -0.3 is 10.1 Å². The highest BCUT2D eigenvalue weighted by Gasteiger charge is 2.19. The van der Waals surface area contributed by atoms with Gasteiger partial charge in [0.25, 0.3) is 5.91 Å². The molecule has 3 aromatic heterocycles. The molecular formula is C15H14N4O3S. The standard InChI is InChI=1S/C15H14N4O3S/c1-9(13-18-17-12-5-3-4-8-19(12)13)16-14(20)10-6-7-11(23-10)15(21)22-2/h3-9H,1-2H3,(H,16,20). The number of hydrogen-bond acceptors (Lipinski definition) is 6. The monoisotopic (exact) mass is 330 g/mol. The first kappa shape index (κ1) is 15.2. The molecule has 0 fully saturated rings. The number of nitrogens with zero attached hydrogens (tertiary/aromatic N) is 3. The molecule has 3 rings (SSSR count). The molecule has 23 heavy (non-hydrogen) atoms. The van der Waals surface area contributed by atoms with Crippen molar-refractivity contribution in [1.29, 1.82) is 0 Å². The molecule has 0 aliphatic carbocycles. The molecule has 0 spiro atoms. The summed E-state index contributed by atoms with van der Waals surface area (Å²) in [5, 5.41) is 11.0. The fourth-order valence-corrected chi connectivity index (χ4v) is 2.99. The third kappa shape index (κ3) is 2.93. The third-order valence-electron chi connectivity index (χ3n) is 3.29. The summed E-state index contributed by atoms with van der Waals surface area (Å²) in [5.41, 5.74) is 0.715. The van der Waals surface area contributed by atoms with Gasteiger partial charge in [-0.15, -0.1) is 21.5 Å². The van der Waals surface area contributed by atoms with Gasteiger partial charge in [-0.2, -0.15) is 0 Å². The number of hydrogen-bond donors (Lipinski definition) is 1. The molecule has 0 saturated heterocycles. The second-order valence-corrected chi connectivity index (χ2v) is 5.92. The predicted octanol–water partition coefficient (Wildman–Crippen LogP) is 2.07. The molecule has 3 aromatic rings. The van der Waals surface area contributed by atoms with E-state index in [4.69, 9.17) is 0 Å². The molecule has 0 aromatic carbocycles. The van der Waals surface area contributed by atoms with Crippen LogP contribution in [0.2, 0.25) is 0 Å². The first-order valence-corrected chi connectivity index (χ1v) is 7.70. The first-order valence-electron chi connectivity index (χ1n) is 6.89. The molecule has 1 N–H and O–H groups in total. The van der Waals surface area contributed by atoms with Crippen LogP contribution < -0.4 is 5.32 Å². The zero-order valence-corrected chi connectivity index (χ0v) is 13.3. The van der Waals surface area contributed by atoms with E-state index in [-0.39, 0.29) is 11.9 Å². The second kappa shape index (κ2) is 6.17. The van der Waals surface area contributed by atoms with Gasteiger partial charge in [0.15, 0.2) is 11.5 Å². The number of nitrogens with one attached hydrogen (secondary N) is 1. The van der Waals surface area contributed by atoms with Gasteiger partial charge >= 0.3 is 5.97 Å². The summed E-state index contributed by atoms with van der Waals surface area (Å²) in [6.07, 6.45) is 1.84. The lowest BCUT2D eigenvalue weighted by Gasteiger charge is -2.11. The summed E-state index contributed by atoms with van der Waals surface area (Å²) in [6, 6.07) is 8.42. The van der Waals surface area contributed by atoms with Crippen LogP contribution in [0, 0.1) is 0 Å². The molecule has 0 aliphatic heterocycles. The number of pyridine rings is 1. The van der Waals surface area contributed by atoms with Crippen molar-refractivity contribution in [3.63, 3.8) is 0 Å². The van der Waals surface area contributed by atoms with E-state index < -0.39 is 5.97 Å². The number of ether oxygens (including phenoxy) is 1. The lowest BCUT2D eigenvalue weighted by atomic mass is 10.3. The SMILES string of the molecule is COC(=O)c1ccc(C(=O)NC(C)c2nnc3ccccn23)s1. The quantitative estimate of drug-likeness (QED) is 0.740. The minimum absolute atomic E-state index is 0.273. The van der Waals surface area contributed by atoms with Crippen LogP contribution in [0.1, 0.15) is 38.1 Å². The summed E-state index contributed by atoms with van der Waals surface area (Å²) >= 11 is 1.09. The number of fused-ring (bicyclic) bond motifs is 1. The largest absolute Gasteiger partial charge is 0.465 e. The van der Waals surface area contributed by atoms with Gasteiger partial charge in [0, 0.05) is 6.20 Å². The summed E-state index contributed by atoms with van der Waals surface area (Å²) in [4.78, 5) is 24.6. The number of thiophene rings is 1. The fourth-order valence-electron chi connectivity index (χ4n) is 2.16. The average Bonchev–Trinajstić information content (AvgIpc) is 3.21. The summed E-state index contributed by atoms with van der Waals surface area (Å²) in [7, 11) is 1.31. The second-order valence-electron chi connectivity index (χ2n) is 4.84. The molecule has 0 radical (unpaired) electrons. The number of esters is 1. The van der Waals surface area contributed by atoms with Crippen LogP contribution in [0.15, 0.2) is 36.5 Å². The lowest BCUT2D eigenvalue weighted by molar-refractivity contribution is 0.0606. The molecule has 0 saturated carbocycles. The molecular weight excluding hydrogens is 316 g/mol. The van der Waals surface area contributed by atoms with E-state index in [0.29, 0.717) is 21.2 Å². The van der Waals surface area contributed by atoms with Crippen LogP contribution in [0.3, 0.4) is 0 Å². The average molecular weight is 330 g/mol. The Bertz CT molecular complexity index is 870. The molecule has 1 atom stereocenters. The Morgan fingerprint density at radius 1 is 1.22 bits per heavy atom.